The maximum atomic E-state index is 5.89. The molecule has 2 nitrogen and oxygen atoms in total. The summed E-state index contributed by atoms with van der Waals surface area (Å²) < 4.78 is 11.8. The number of hydrogen-bond donors (Lipinski definition) is 0. The summed E-state index contributed by atoms with van der Waals surface area (Å²) in [6, 6.07) is 32.0. The Labute approximate surface area is 284 Å². The van der Waals surface area contributed by atoms with Crippen LogP contribution in [0.1, 0.15) is 86.0 Å². The van der Waals surface area contributed by atoms with Gasteiger partial charge in [0.25, 0.3) is 0 Å². The Morgan fingerprint density at radius 2 is 0.936 bits per heavy atom. The second-order valence-electron chi connectivity index (χ2n) is 15.3. The van der Waals surface area contributed by atoms with Gasteiger partial charge in [0.1, 0.15) is 0 Å². The molecule has 2 aliphatic rings. The lowest BCUT2D eigenvalue weighted by molar-refractivity contribution is 0.0971. The van der Waals surface area contributed by atoms with Gasteiger partial charge in [-0.2, -0.15) is 0 Å². The SMILES string of the molecule is CC1=Cc2c(-c3ccc(COCC(C)C)cc3)cccc2C1[Si](C)(C)C1C(C)=Cc2c(-c3ccc(COCC(C)C)cc3)cccc21. The average molecular weight is 641 g/mol. The minimum Gasteiger partial charge on any atom is -0.377 e. The maximum Gasteiger partial charge on any atom is 0.0722 e. The van der Waals surface area contributed by atoms with Crippen molar-refractivity contribution in [3.05, 3.63) is 129 Å². The van der Waals surface area contributed by atoms with Gasteiger partial charge in [0.2, 0.25) is 0 Å². The molecule has 0 bridgehead atoms. The summed E-state index contributed by atoms with van der Waals surface area (Å²) >= 11 is 0. The van der Waals surface area contributed by atoms with Crippen molar-refractivity contribution < 1.29 is 9.47 Å². The van der Waals surface area contributed by atoms with E-state index in [-0.39, 0.29) is 0 Å². The Hall–Kier alpha value is -3.50. The van der Waals surface area contributed by atoms with E-state index in [4.69, 9.17) is 9.47 Å². The van der Waals surface area contributed by atoms with Gasteiger partial charge in [0.05, 0.1) is 21.3 Å². The van der Waals surface area contributed by atoms with Crippen LogP contribution in [0.5, 0.6) is 0 Å². The van der Waals surface area contributed by atoms with E-state index >= 15 is 0 Å². The van der Waals surface area contributed by atoms with E-state index in [0.29, 0.717) is 36.1 Å². The maximum absolute atomic E-state index is 5.89. The zero-order valence-corrected chi connectivity index (χ0v) is 30.7. The molecule has 0 amide bonds. The van der Waals surface area contributed by atoms with Gasteiger partial charge in [-0.1, -0.05) is 149 Å². The summed E-state index contributed by atoms with van der Waals surface area (Å²) in [4.78, 5) is 0. The third kappa shape index (κ3) is 6.90. The molecule has 2 aliphatic carbocycles. The smallest absolute Gasteiger partial charge is 0.0722 e. The Morgan fingerprint density at radius 3 is 1.30 bits per heavy atom. The van der Waals surface area contributed by atoms with Gasteiger partial charge in [0.15, 0.2) is 0 Å². The quantitative estimate of drug-likeness (QED) is 0.143. The van der Waals surface area contributed by atoms with Crippen LogP contribution < -0.4 is 0 Å². The number of hydrogen-bond acceptors (Lipinski definition) is 2. The zero-order chi connectivity index (χ0) is 33.3. The molecule has 0 radical (unpaired) electrons. The number of ether oxygens (including phenoxy) is 2. The topological polar surface area (TPSA) is 18.5 Å². The summed E-state index contributed by atoms with van der Waals surface area (Å²) in [5, 5.41) is 0. The minimum atomic E-state index is -1.95. The third-order valence-electron chi connectivity index (χ3n) is 10.0. The fraction of sp³-hybridized carbons (Fsp3) is 0.364. The monoisotopic (exact) mass is 640 g/mol. The van der Waals surface area contributed by atoms with Crippen LogP contribution in [0.15, 0.2) is 96.1 Å². The highest BCUT2D eigenvalue weighted by Gasteiger charge is 2.47. The molecule has 0 heterocycles. The van der Waals surface area contributed by atoms with E-state index in [9.17, 15) is 0 Å². The second kappa shape index (κ2) is 13.9. The highest BCUT2D eigenvalue weighted by atomic mass is 28.3. The lowest BCUT2D eigenvalue weighted by Crippen LogP contribution is -2.42. The first-order valence-electron chi connectivity index (χ1n) is 17.5. The van der Waals surface area contributed by atoms with Gasteiger partial charge in [-0.15, -0.1) is 0 Å². The molecule has 4 aromatic carbocycles. The fourth-order valence-corrected chi connectivity index (χ4v) is 13.1. The summed E-state index contributed by atoms with van der Waals surface area (Å²) in [5.41, 5.74) is 17.5. The largest absolute Gasteiger partial charge is 0.377 e. The van der Waals surface area contributed by atoms with Crippen LogP contribution in [-0.2, 0) is 22.7 Å². The molecule has 0 saturated carbocycles. The standard InChI is InChI=1S/C44H52O2Si/c1-29(2)25-45-27-33-15-19-35(20-16-33)37-11-9-13-39-41(37)23-31(5)43(39)47(7,8)44-32(6)24-42-38(12-10-14-40(42)44)36-21-17-34(18-22-36)28-46-26-30(3)4/h9-24,29-30,43-44H,25-28H2,1-8H3. The van der Waals surface area contributed by atoms with Crippen molar-refractivity contribution in [3.8, 4) is 22.3 Å². The summed E-state index contributed by atoms with van der Waals surface area (Å²) in [6.07, 6.45) is 4.98. The molecule has 244 valence electrons. The molecule has 47 heavy (non-hydrogen) atoms. The van der Waals surface area contributed by atoms with Gasteiger partial charge in [-0.05, 0) is 81.3 Å². The predicted molar refractivity (Wildman–Crippen MR) is 203 cm³/mol. The van der Waals surface area contributed by atoms with Crippen LogP contribution in [0.3, 0.4) is 0 Å². The van der Waals surface area contributed by atoms with Gasteiger partial charge >= 0.3 is 0 Å². The van der Waals surface area contributed by atoms with Gasteiger partial charge in [-0.25, -0.2) is 0 Å². The van der Waals surface area contributed by atoms with Crippen molar-refractivity contribution in [2.24, 2.45) is 11.8 Å². The molecule has 3 heteroatoms. The highest BCUT2D eigenvalue weighted by Crippen LogP contribution is 2.54. The lowest BCUT2D eigenvalue weighted by atomic mass is 9.96. The molecular formula is C44H52O2Si. The number of fused-ring (bicyclic) bond motifs is 2. The molecule has 0 saturated heterocycles. The van der Waals surface area contributed by atoms with E-state index in [1.165, 1.54) is 66.8 Å². The molecule has 0 N–H and O–H groups in total. The normalized spacial score (nSPS) is 17.2. The molecule has 0 aliphatic heterocycles. The zero-order valence-electron chi connectivity index (χ0n) is 29.7. The van der Waals surface area contributed by atoms with Gasteiger partial charge in [-0.3, -0.25) is 0 Å². The Balaban J connectivity index is 1.27. The van der Waals surface area contributed by atoms with E-state index in [1.807, 2.05) is 0 Å². The first-order valence-corrected chi connectivity index (χ1v) is 20.7. The lowest BCUT2D eigenvalue weighted by Gasteiger charge is -2.39. The summed E-state index contributed by atoms with van der Waals surface area (Å²) in [6.45, 7) is 21.7. The van der Waals surface area contributed by atoms with Crippen LogP contribution in [0, 0.1) is 11.8 Å². The number of rotatable bonds is 12. The van der Waals surface area contributed by atoms with Crippen LogP contribution in [0.25, 0.3) is 34.4 Å². The van der Waals surface area contributed by atoms with Crippen molar-refractivity contribution in [2.45, 2.75) is 78.9 Å². The van der Waals surface area contributed by atoms with E-state index < -0.39 is 8.07 Å². The first kappa shape index (κ1) is 33.4. The van der Waals surface area contributed by atoms with Crippen molar-refractivity contribution in [3.63, 3.8) is 0 Å². The Bertz CT molecular complexity index is 1640. The second-order valence-corrected chi connectivity index (χ2v) is 20.1. The number of allylic oxidation sites excluding steroid dienone is 2. The van der Waals surface area contributed by atoms with E-state index in [2.05, 4.69) is 152 Å². The third-order valence-corrected chi connectivity index (χ3v) is 14.5. The van der Waals surface area contributed by atoms with Crippen molar-refractivity contribution >= 4 is 20.2 Å². The fourth-order valence-electron chi connectivity index (χ4n) is 8.14. The molecule has 6 rings (SSSR count). The molecule has 2 unspecified atom stereocenters. The summed E-state index contributed by atoms with van der Waals surface area (Å²) in [7, 11) is -1.95. The van der Waals surface area contributed by atoms with Crippen LogP contribution in [0.2, 0.25) is 13.1 Å². The molecular weight excluding hydrogens is 589 g/mol. The van der Waals surface area contributed by atoms with Crippen LogP contribution in [0.4, 0.5) is 0 Å². The van der Waals surface area contributed by atoms with E-state index in [0.717, 1.165) is 13.2 Å². The van der Waals surface area contributed by atoms with Crippen molar-refractivity contribution in [1.82, 2.24) is 0 Å². The highest BCUT2D eigenvalue weighted by molar-refractivity contribution is 6.81. The molecule has 0 aromatic heterocycles. The molecule has 0 spiro atoms. The summed E-state index contributed by atoms with van der Waals surface area (Å²) in [5.74, 6) is 1.10. The first-order chi connectivity index (χ1) is 22.5. The Kier molecular flexibility index (Phi) is 9.89. The van der Waals surface area contributed by atoms with Crippen LogP contribution in [-0.4, -0.2) is 21.3 Å². The van der Waals surface area contributed by atoms with Crippen LogP contribution >= 0.6 is 0 Å². The van der Waals surface area contributed by atoms with Gasteiger partial charge in [0, 0.05) is 24.3 Å². The van der Waals surface area contributed by atoms with Crippen molar-refractivity contribution in [2.75, 3.05) is 13.2 Å². The van der Waals surface area contributed by atoms with Crippen molar-refractivity contribution in [1.29, 1.82) is 0 Å². The molecule has 2 atom stereocenters. The average Bonchev–Trinajstić information content (AvgIpc) is 3.57. The van der Waals surface area contributed by atoms with Gasteiger partial charge < -0.3 is 9.47 Å². The predicted octanol–water partition coefficient (Wildman–Crippen LogP) is 11.9. The van der Waals surface area contributed by atoms with E-state index in [1.54, 1.807) is 0 Å². The molecule has 4 aromatic rings. The number of benzene rings is 4. The minimum absolute atomic E-state index is 0.467. The Morgan fingerprint density at radius 1 is 0.553 bits per heavy atom. The molecule has 0 fully saturated rings.